The second-order valence-electron chi connectivity index (χ2n) is 9.91. The molecule has 3 heterocycles. The van der Waals surface area contributed by atoms with Crippen LogP contribution in [0.15, 0.2) is 59.0 Å². The van der Waals surface area contributed by atoms with Crippen molar-refractivity contribution in [2.45, 2.75) is 41.0 Å². The molecular weight excluding hydrogens is 380 g/mol. The normalized spacial score (nSPS) is 12.3. The van der Waals surface area contributed by atoms with Gasteiger partial charge in [0.05, 0.1) is 5.56 Å². The molecule has 0 fully saturated rings. The SMILES string of the molecule is Cc1ccc2c(n1)oc1c(-c3cc(CC(C)(C)C)c4ccccc4[n+]3C)c(C)ccc12. The van der Waals surface area contributed by atoms with Crippen LogP contribution in [0.3, 0.4) is 0 Å². The van der Waals surface area contributed by atoms with Crippen molar-refractivity contribution in [3.63, 3.8) is 0 Å². The molecule has 0 aliphatic carbocycles. The van der Waals surface area contributed by atoms with Crippen LogP contribution >= 0.6 is 0 Å². The number of fused-ring (bicyclic) bond motifs is 4. The van der Waals surface area contributed by atoms with Crippen molar-refractivity contribution in [2.24, 2.45) is 12.5 Å². The molecule has 0 aliphatic heterocycles. The average molecular weight is 410 g/mol. The van der Waals surface area contributed by atoms with Crippen LogP contribution in [-0.2, 0) is 13.5 Å². The lowest BCUT2D eigenvalue weighted by atomic mass is 9.86. The van der Waals surface area contributed by atoms with Gasteiger partial charge in [-0.15, -0.1) is 0 Å². The van der Waals surface area contributed by atoms with E-state index in [4.69, 9.17) is 4.42 Å². The number of hydrogen-bond donors (Lipinski definition) is 0. The largest absolute Gasteiger partial charge is 0.437 e. The van der Waals surface area contributed by atoms with E-state index in [1.165, 1.54) is 27.7 Å². The molecule has 0 saturated carbocycles. The Labute approximate surface area is 183 Å². The van der Waals surface area contributed by atoms with E-state index in [2.05, 4.69) is 92.8 Å². The molecule has 5 aromatic rings. The van der Waals surface area contributed by atoms with Crippen molar-refractivity contribution in [1.29, 1.82) is 0 Å². The summed E-state index contributed by atoms with van der Waals surface area (Å²) in [5, 5.41) is 3.50. The molecule has 0 spiro atoms. The van der Waals surface area contributed by atoms with Crippen molar-refractivity contribution >= 4 is 33.0 Å². The van der Waals surface area contributed by atoms with E-state index < -0.39 is 0 Å². The van der Waals surface area contributed by atoms with Crippen LogP contribution in [0.5, 0.6) is 0 Å². The zero-order valence-corrected chi connectivity index (χ0v) is 19.2. The fourth-order valence-corrected chi connectivity index (χ4v) is 4.69. The average Bonchev–Trinajstić information content (AvgIpc) is 3.07. The Balaban J connectivity index is 1.88. The van der Waals surface area contributed by atoms with Crippen molar-refractivity contribution in [3.05, 3.63) is 71.4 Å². The molecule has 0 radical (unpaired) electrons. The molecule has 31 heavy (non-hydrogen) atoms. The molecule has 5 rings (SSSR count). The summed E-state index contributed by atoms with van der Waals surface area (Å²) in [7, 11) is 2.15. The number of aryl methyl sites for hydroxylation is 3. The van der Waals surface area contributed by atoms with Crippen molar-refractivity contribution in [2.75, 3.05) is 0 Å². The molecular formula is C28H29N2O+. The number of furan rings is 1. The first-order valence-electron chi connectivity index (χ1n) is 10.9. The number of aromatic nitrogens is 2. The van der Waals surface area contributed by atoms with E-state index in [0.717, 1.165) is 34.0 Å². The Kier molecular flexibility index (Phi) is 4.40. The molecule has 156 valence electrons. The van der Waals surface area contributed by atoms with Gasteiger partial charge in [-0.3, -0.25) is 0 Å². The zero-order chi connectivity index (χ0) is 21.9. The minimum Gasteiger partial charge on any atom is -0.437 e. The summed E-state index contributed by atoms with van der Waals surface area (Å²) in [5.74, 6) is 0. The Morgan fingerprint density at radius 3 is 2.42 bits per heavy atom. The first-order valence-corrected chi connectivity index (χ1v) is 10.9. The van der Waals surface area contributed by atoms with E-state index in [1.54, 1.807) is 0 Å². The second-order valence-corrected chi connectivity index (χ2v) is 9.91. The van der Waals surface area contributed by atoms with Crippen LogP contribution in [0.25, 0.3) is 44.2 Å². The number of pyridine rings is 2. The quantitative estimate of drug-likeness (QED) is 0.299. The molecule has 0 N–H and O–H groups in total. The van der Waals surface area contributed by atoms with Crippen LogP contribution < -0.4 is 4.57 Å². The second kappa shape index (κ2) is 6.91. The minimum absolute atomic E-state index is 0.196. The first-order chi connectivity index (χ1) is 14.7. The Morgan fingerprint density at radius 1 is 0.903 bits per heavy atom. The molecule has 0 atom stereocenters. The van der Waals surface area contributed by atoms with Crippen LogP contribution in [0, 0.1) is 19.3 Å². The molecule has 0 bridgehead atoms. The summed E-state index contributed by atoms with van der Waals surface area (Å²) in [5.41, 5.74) is 8.93. The van der Waals surface area contributed by atoms with Gasteiger partial charge in [0, 0.05) is 34.0 Å². The minimum atomic E-state index is 0.196. The maximum atomic E-state index is 6.38. The van der Waals surface area contributed by atoms with Gasteiger partial charge in [-0.05, 0) is 55.0 Å². The van der Waals surface area contributed by atoms with Crippen LogP contribution in [0.2, 0.25) is 0 Å². The molecule has 3 aromatic heterocycles. The van der Waals surface area contributed by atoms with E-state index >= 15 is 0 Å². The van der Waals surface area contributed by atoms with Gasteiger partial charge in [0.1, 0.15) is 7.05 Å². The maximum Gasteiger partial charge on any atom is 0.227 e. The number of rotatable bonds is 2. The molecule has 3 nitrogen and oxygen atoms in total. The Morgan fingerprint density at radius 2 is 1.65 bits per heavy atom. The summed E-state index contributed by atoms with van der Waals surface area (Å²) in [6.07, 6.45) is 1.01. The van der Waals surface area contributed by atoms with Crippen LogP contribution in [0.1, 0.15) is 37.6 Å². The van der Waals surface area contributed by atoms with Crippen molar-refractivity contribution in [1.82, 2.24) is 4.98 Å². The Bertz CT molecular complexity index is 1470. The van der Waals surface area contributed by atoms with Gasteiger partial charge in [-0.25, -0.2) is 4.98 Å². The van der Waals surface area contributed by atoms with Crippen LogP contribution in [0.4, 0.5) is 0 Å². The predicted octanol–water partition coefficient (Wildman–Crippen LogP) is 6.83. The van der Waals surface area contributed by atoms with Gasteiger partial charge in [0.25, 0.3) is 0 Å². The van der Waals surface area contributed by atoms with Crippen molar-refractivity contribution in [3.8, 4) is 11.3 Å². The topological polar surface area (TPSA) is 29.9 Å². The molecule has 2 aromatic carbocycles. The Hall–Kier alpha value is -3.20. The number of benzene rings is 2. The molecule has 0 unspecified atom stereocenters. The van der Waals surface area contributed by atoms with Gasteiger partial charge in [0.15, 0.2) is 5.58 Å². The lowest BCUT2D eigenvalue weighted by molar-refractivity contribution is -0.633. The molecule has 0 amide bonds. The highest BCUT2D eigenvalue weighted by Crippen LogP contribution is 2.38. The number of hydrogen-bond acceptors (Lipinski definition) is 2. The summed E-state index contributed by atoms with van der Waals surface area (Å²) in [6, 6.07) is 19.6. The van der Waals surface area contributed by atoms with E-state index in [0.29, 0.717) is 5.71 Å². The molecule has 3 heteroatoms. The summed E-state index contributed by atoms with van der Waals surface area (Å²) < 4.78 is 8.68. The summed E-state index contributed by atoms with van der Waals surface area (Å²) in [6.45, 7) is 11.1. The van der Waals surface area contributed by atoms with E-state index in [-0.39, 0.29) is 5.41 Å². The monoisotopic (exact) mass is 409 g/mol. The lowest BCUT2D eigenvalue weighted by Crippen LogP contribution is -2.33. The van der Waals surface area contributed by atoms with Gasteiger partial charge >= 0.3 is 0 Å². The highest BCUT2D eigenvalue weighted by molar-refractivity contribution is 6.09. The smallest absolute Gasteiger partial charge is 0.227 e. The summed E-state index contributed by atoms with van der Waals surface area (Å²) >= 11 is 0. The molecule has 0 aliphatic rings. The lowest BCUT2D eigenvalue weighted by Gasteiger charge is -2.20. The molecule has 0 saturated heterocycles. The van der Waals surface area contributed by atoms with E-state index in [1.807, 2.05) is 13.0 Å². The van der Waals surface area contributed by atoms with Crippen molar-refractivity contribution < 1.29 is 8.98 Å². The van der Waals surface area contributed by atoms with Gasteiger partial charge in [0.2, 0.25) is 16.9 Å². The number of para-hydroxylation sites is 1. The van der Waals surface area contributed by atoms with E-state index in [9.17, 15) is 0 Å². The zero-order valence-electron chi connectivity index (χ0n) is 19.2. The third-order valence-electron chi connectivity index (χ3n) is 6.12. The van der Waals surface area contributed by atoms with Gasteiger partial charge in [-0.1, -0.05) is 45.0 Å². The fraction of sp³-hybridized carbons (Fsp3) is 0.286. The third kappa shape index (κ3) is 3.29. The highest BCUT2D eigenvalue weighted by Gasteiger charge is 2.25. The highest BCUT2D eigenvalue weighted by atomic mass is 16.3. The van der Waals surface area contributed by atoms with Crippen LogP contribution in [-0.4, -0.2) is 4.98 Å². The fourth-order valence-electron chi connectivity index (χ4n) is 4.69. The number of nitrogens with zero attached hydrogens (tertiary/aromatic N) is 2. The third-order valence-corrected chi connectivity index (χ3v) is 6.12. The summed E-state index contributed by atoms with van der Waals surface area (Å²) in [4.78, 5) is 4.64. The van der Waals surface area contributed by atoms with Gasteiger partial charge in [-0.2, -0.15) is 4.57 Å². The first kappa shape index (κ1) is 19.7. The standard InChI is InChI=1S/C28H29N2O/c1-17-11-13-21-22-14-12-18(2)29-27(22)31-26(21)25(17)24-15-19(16-28(3,4)5)20-9-7-8-10-23(20)30(24)6/h7-15H,16H2,1-6H3/q+1. The predicted molar refractivity (Wildman–Crippen MR) is 128 cm³/mol. The maximum absolute atomic E-state index is 6.38. The van der Waals surface area contributed by atoms with Gasteiger partial charge < -0.3 is 4.42 Å².